The molecule has 10 nitrogen and oxygen atoms in total. The first-order chi connectivity index (χ1) is 16.3. The molecular formula is C24H24N6O4. The molecule has 4 aromatic rings. The number of rotatable bonds is 8. The summed E-state index contributed by atoms with van der Waals surface area (Å²) >= 11 is 0. The third-order valence-electron chi connectivity index (χ3n) is 5.42. The summed E-state index contributed by atoms with van der Waals surface area (Å²) in [5.74, 6) is 0.496. The number of carbonyl (C=O) groups is 1. The number of nitrogens with zero attached hydrogens (tertiary/aromatic N) is 5. The minimum absolute atomic E-state index is 0.0138. The van der Waals surface area contributed by atoms with E-state index in [-0.39, 0.29) is 11.6 Å². The van der Waals surface area contributed by atoms with Crippen LogP contribution in [0.15, 0.2) is 60.9 Å². The molecule has 34 heavy (non-hydrogen) atoms. The Hall–Kier alpha value is -4.47. The number of methoxy groups -OCH3 is 1. The van der Waals surface area contributed by atoms with Crippen LogP contribution < -0.4 is 10.1 Å². The van der Waals surface area contributed by atoms with Crippen molar-refractivity contribution < 1.29 is 14.5 Å². The summed E-state index contributed by atoms with van der Waals surface area (Å²) in [5.41, 5.74) is 3.73. The van der Waals surface area contributed by atoms with Crippen molar-refractivity contribution in [2.45, 2.75) is 26.9 Å². The minimum atomic E-state index is -0.424. The van der Waals surface area contributed by atoms with Gasteiger partial charge >= 0.3 is 5.69 Å². The highest BCUT2D eigenvalue weighted by molar-refractivity contribution is 6.04. The van der Waals surface area contributed by atoms with E-state index >= 15 is 0 Å². The number of carbonyl (C=O) groups excluding carboxylic acids is 1. The van der Waals surface area contributed by atoms with Gasteiger partial charge in [0.2, 0.25) is 0 Å². The van der Waals surface area contributed by atoms with E-state index in [1.807, 2.05) is 30.3 Å². The topological polar surface area (TPSA) is 117 Å². The molecule has 0 saturated heterocycles. The fraction of sp³-hybridized carbons (Fsp3) is 0.208. The second-order valence-electron chi connectivity index (χ2n) is 7.87. The Bertz CT molecular complexity index is 1360. The summed E-state index contributed by atoms with van der Waals surface area (Å²) in [6.07, 6.45) is 3.35. The third kappa shape index (κ3) is 4.96. The van der Waals surface area contributed by atoms with Gasteiger partial charge in [-0.15, -0.1) is 0 Å². The molecule has 0 atom stereocenters. The maximum absolute atomic E-state index is 12.8. The first kappa shape index (κ1) is 22.7. The normalized spacial score (nSPS) is 10.8. The van der Waals surface area contributed by atoms with Crippen molar-refractivity contribution >= 4 is 17.3 Å². The van der Waals surface area contributed by atoms with Gasteiger partial charge in [-0.1, -0.05) is 24.3 Å². The van der Waals surface area contributed by atoms with Crippen LogP contribution in [0.2, 0.25) is 0 Å². The van der Waals surface area contributed by atoms with Gasteiger partial charge in [-0.25, -0.2) is 0 Å². The van der Waals surface area contributed by atoms with Gasteiger partial charge in [-0.3, -0.25) is 24.3 Å². The number of aromatic nitrogens is 4. The van der Waals surface area contributed by atoms with Gasteiger partial charge in [-0.05, 0) is 49.2 Å². The molecule has 2 aromatic carbocycles. The van der Waals surface area contributed by atoms with E-state index in [1.165, 1.54) is 0 Å². The van der Waals surface area contributed by atoms with Crippen LogP contribution in [-0.2, 0) is 13.1 Å². The number of benzene rings is 2. The zero-order valence-electron chi connectivity index (χ0n) is 19.1. The van der Waals surface area contributed by atoms with Crippen molar-refractivity contribution in [3.8, 4) is 5.75 Å². The van der Waals surface area contributed by atoms with Crippen molar-refractivity contribution in [1.82, 2.24) is 19.6 Å². The predicted octanol–water partition coefficient (Wildman–Crippen LogP) is 3.96. The van der Waals surface area contributed by atoms with Gasteiger partial charge in [0.1, 0.15) is 17.1 Å². The lowest BCUT2D eigenvalue weighted by molar-refractivity contribution is -0.386. The molecule has 0 fully saturated rings. The lowest BCUT2D eigenvalue weighted by atomic mass is 10.1. The van der Waals surface area contributed by atoms with Gasteiger partial charge in [-0.2, -0.15) is 10.2 Å². The number of nitrogens with one attached hydrogen (secondary N) is 1. The minimum Gasteiger partial charge on any atom is -0.497 e. The summed E-state index contributed by atoms with van der Waals surface area (Å²) in [7, 11) is 1.62. The monoisotopic (exact) mass is 460 g/mol. The van der Waals surface area contributed by atoms with Crippen LogP contribution >= 0.6 is 0 Å². The van der Waals surface area contributed by atoms with E-state index in [2.05, 4.69) is 15.5 Å². The summed E-state index contributed by atoms with van der Waals surface area (Å²) in [4.78, 5) is 23.6. The zero-order chi connectivity index (χ0) is 24.2. The molecule has 0 bridgehead atoms. The average molecular weight is 460 g/mol. The molecule has 4 rings (SSSR count). The van der Waals surface area contributed by atoms with E-state index in [4.69, 9.17) is 4.74 Å². The van der Waals surface area contributed by atoms with E-state index in [1.54, 1.807) is 60.9 Å². The van der Waals surface area contributed by atoms with E-state index < -0.39 is 4.92 Å². The first-order valence-corrected chi connectivity index (χ1v) is 10.6. The maximum Gasteiger partial charge on any atom is 0.312 e. The summed E-state index contributed by atoms with van der Waals surface area (Å²) in [6, 6.07) is 14.8. The highest BCUT2D eigenvalue weighted by Gasteiger charge is 2.21. The molecule has 0 radical (unpaired) electrons. The molecule has 1 N–H and O–H groups in total. The second kappa shape index (κ2) is 9.57. The number of amides is 1. The zero-order valence-corrected chi connectivity index (χ0v) is 19.1. The van der Waals surface area contributed by atoms with Crippen LogP contribution in [0.25, 0.3) is 0 Å². The van der Waals surface area contributed by atoms with Crippen LogP contribution in [0, 0.1) is 24.0 Å². The summed E-state index contributed by atoms with van der Waals surface area (Å²) in [5, 5.41) is 22.7. The number of hydrogen-bond acceptors (Lipinski definition) is 6. The largest absolute Gasteiger partial charge is 0.497 e. The van der Waals surface area contributed by atoms with Crippen LogP contribution in [-0.4, -0.2) is 37.5 Å². The summed E-state index contributed by atoms with van der Waals surface area (Å²) in [6.45, 7) is 4.13. The van der Waals surface area contributed by atoms with Crippen molar-refractivity contribution in [3.63, 3.8) is 0 Å². The lowest BCUT2D eigenvalue weighted by Gasteiger charge is -2.07. The quantitative estimate of drug-likeness (QED) is 0.314. The highest BCUT2D eigenvalue weighted by atomic mass is 16.6. The van der Waals surface area contributed by atoms with Gasteiger partial charge in [0.25, 0.3) is 5.91 Å². The van der Waals surface area contributed by atoms with E-state index in [9.17, 15) is 14.9 Å². The molecular weight excluding hydrogens is 436 g/mol. The van der Waals surface area contributed by atoms with Crippen molar-refractivity contribution in [2.24, 2.45) is 0 Å². The molecule has 0 aliphatic heterocycles. The van der Waals surface area contributed by atoms with Crippen molar-refractivity contribution in [1.29, 1.82) is 0 Å². The highest BCUT2D eigenvalue weighted by Crippen LogP contribution is 2.23. The summed E-state index contributed by atoms with van der Waals surface area (Å²) < 4.78 is 8.56. The van der Waals surface area contributed by atoms with Gasteiger partial charge < -0.3 is 10.1 Å². The van der Waals surface area contributed by atoms with Crippen LogP contribution in [0.1, 0.15) is 32.9 Å². The van der Waals surface area contributed by atoms with Crippen molar-refractivity contribution in [3.05, 3.63) is 99.1 Å². The average Bonchev–Trinajstić information content (AvgIpc) is 3.36. The molecule has 10 heteroatoms. The first-order valence-electron chi connectivity index (χ1n) is 10.6. The molecule has 174 valence electrons. The molecule has 0 saturated carbocycles. The molecule has 0 unspecified atom stereocenters. The van der Waals surface area contributed by atoms with Crippen LogP contribution in [0.5, 0.6) is 5.75 Å². The molecule has 0 aliphatic rings. The molecule has 0 spiro atoms. The Balaban J connectivity index is 1.44. The molecule has 0 aliphatic carbocycles. The van der Waals surface area contributed by atoms with Crippen molar-refractivity contribution in [2.75, 3.05) is 12.4 Å². The number of aryl methyl sites for hydroxylation is 1. The fourth-order valence-corrected chi connectivity index (χ4v) is 3.77. The SMILES string of the molecule is COc1cccc(Cn2cc(NC(=O)c3cccc(Cn4nc(C)c([N+](=O)[O-])c4C)c3)cn2)c1. The third-order valence-corrected chi connectivity index (χ3v) is 5.42. The number of nitro groups is 1. The standard InChI is InChI=1S/C24H24N6O4/c1-16-23(30(32)33)17(2)29(27-16)14-18-6-4-8-20(10-18)24(31)26-21-12-25-28(15-21)13-19-7-5-9-22(11-19)34-3/h4-12,15H,13-14H2,1-3H3,(H,26,31). The number of ether oxygens (including phenoxy) is 1. The Morgan fingerprint density at radius 3 is 2.56 bits per heavy atom. The van der Waals surface area contributed by atoms with Gasteiger partial charge in [0.15, 0.2) is 0 Å². The maximum atomic E-state index is 12.8. The Kier molecular flexibility index (Phi) is 6.39. The molecule has 2 heterocycles. The Morgan fingerprint density at radius 1 is 1.12 bits per heavy atom. The van der Waals surface area contributed by atoms with Crippen LogP contribution in [0.4, 0.5) is 11.4 Å². The molecule has 1 amide bonds. The second-order valence-corrected chi connectivity index (χ2v) is 7.87. The Labute approximate surface area is 195 Å². The molecule has 2 aromatic heterocycles. The van der Waals surface area contributed by atoms with E-state index in [0.717, 1.165) is 16.9 Å². The van der Waals surface area contributed by atoms with Gasteiger partial charge in [0.05, 0.1) is 37.0 Å². The van der Waals surface area contributed by atoms with E-state index in [0.29, 0.717) is 35.7 Å². The van der Waals surface area contributed by atoms with Gasteiger partial charge in [0, 0.05) is 11.8 Å². The predicted molar refractivity (Wildman–Crippen MR) is 126 cm³/mol. The smallest absolute Gasteiger partial charge is 0.312 e. The number of hydrogen-bond donors (Lipinski definition) is 1. The Morgan fingerprint density at radius 2 is 1.85 bits per heavy atom. The number of anilines is 1. The van der Waals surface area contributed by atoms with Crippen LogP contribution in [0.3, 0.4) is 0 Å². The fourth-order valence-electron chi connectivity index (χ4n) is 3.77. The lowest BCUT2D eigenvalue weighted by Crippen LogP contribution is -2.12.